The molecule has 11 heteroatoms. The van der Waals surface area contributed by atoms with Gasteiger partial charge in [-0.1, -0.05) is 37.5 Å². The van der Waals surface area contributed by atoms with E-state index in [0.29, 0.717) is 18.7 Å². The summed E-state index contributed by atoms with van der Waals surface area (Å²) in [6.07, 6.45) is 13.0. The molecule has 3 heterocycles. The quantitative estimate of drug-likeness (QED) is 0.105. The summed E-state index contributed by atoms with van der Waals surface area (Å²) < 4.78 is 27.6. The number of piperidine rings is 1. The van der Waals surface area contributed by atoms with Crippen LogP contribution in [-0.4, -0.2) is 79.2 Å². The number of fused-ring (bicyclic) bond motifs is 2. The first kappa shape index (κ1) is 39.5. The van der Waals surface area contributed by atoms with Crippen molar-refractivity contribution in [1.29, 1.82) is 0 Å². The summed E-state index contributed by atoms with van der Waals surface area (Å²) in [5.74, 6) is 0.538. The first-order valence-electron chi connectivity index (χ1n) is 20.7. The van der Waals surface area contributed by atoms with E-state index < -0.39 is 11.9 Å². The lowest BCUT2D eigenvalue weighted by atomic mass is 9.85. The summed E-state index contributed by atoms with van der Waals surface area (Å²) >= 11 is 0. The van der Waals surface area contributed by atoms with Gasteiger partial charge in [0, 0.05) is 42.9 Å². The number of amides is 3. The second kappa shape index (κ2) is 18.4. The van der Waals surface area contributed by atoms with Gasteiger partial charge >= 0.3 is 0 Å². The van der Waals surface area contributed by atoms with Gasteiger partial charge in [-0.3, -0.25) is 14.4 Å². The monoisotopic (exact) mass is 766 g/mol. The van der Waals surface area contributed by atoms with Crippen molar-refractivity contribution in [3.63, 3.8) is 0 Å². The Morgan fingerprint density at radius 1 is 0.893 bits per heavy atom. The zero-order chi connectivity index (χ0) is 39.0. The standard InChI is InChI=1S/C45H55FN4O6/c1-47-43(52)40(16-11-24-51)50-30-39-37(26-33(46)27-38(39)45(50)54)31-19-22-48(23-20-31)21-9-3-2-4-10-25-55-41-18-17-34(28-42(41)56-35-13-6-7-14-35)49-29-32-12-5-8-15-36(32)44(49)53/h5,8,12,15,17-18,24,26-28,31,35,40H,2-4,6-7,9-11,13-14,16,19-23,25,29-30H2,1H3,(H,47,52). The molecule has 3 aliphatic heterocycles. The molecule has 3 aromatic rings. The average Bonchev–Trinajstić information content (AvgIpc) is 3.94. The van der Waals surface area contributed by atoms with Crippen molar-refractivity contribution < 1.29 is 33.0 Å². The largest absolute Gasteiger partial charge is 0.490 e. The van der Waals surface area contributed by atoms with Gasteiger partial charge < -0.3 is 34.3 Å². The molecule has 0 spiro atoms. The number of likely N-dealkylation sites (tertiary alicyclic amines) is 1. The number of nitrogens with one attached hydrogen (secondary N) is 1. The van der Waals surface area contributed by atoms with Gasteiger partial charge in [0.2, 0.25) is 5.91 Å². The molecule has 2 fully saturated rings. The Labute approximate surface area is 329 Å². The number of carbonyl (C=O) groups excluding carboxylic acids is 4. The number of halogens is 1. The van der Waals surface area contributed by atoms with Crippen LogP contribution in [0.2, 0.25) is 0 Å². The second-order valence-electron chi connectivity index (χ2n) is 15.8. The molecule has 1 saturated heterocycles. The molecule has 0 aromatic heterocycles. The molecular formula is C45H55FN4O6. The first-order valence-corrected chi connectivity index (χ1v) is 20.7. The Morgan fingerprint density at radius 2 is 1.66 bits per heavy atom. The lowest BCUT2D eigenvalue weighted by molar-refractivity contribution is -0.125. The van der Waals surface area contributed by atoms with Crippen molar-refractivity contribution in [2.75, 3.05) is 38.2 Å². The van der Waals surface area contributed by atoms with Gasteiger partial charge in [-0.15, -0.1) is 0 Å². The summed E-state index contributed by atoms with van der Waals surface area (Å²) in [6, 6.07) is 15.8. The molecule has 56 heavy (non-hydrogen) atoms. The van der Waals surface area contributed by atoms with Crippen molar-refractivity contribution in [3.05, 3.63) is 88.2 Å². The maximum atomic E-state index is 14.9. The van der Waals surface area contributed by atoms with E-state index in [1.807, 2.05) is 47.4 Å². The second-order valence-corrected chi connectivity index (χ2v) is 15.8. The molecule has 4 aliphatic rings. The van der Waals surface area contributed by atoms with Gasteiger partial charge in [0.05, 0.1) is 19.3 Å². The third-order valence-corrected chi connectivity index (χ3v) is 12.1. The highest BCUT2D eigenvalue weighted by Gasteiger charge is 2.39. The van der Waals surface area contributed by atoms with Crippen molar-refractivity contribution in [2.24, 2.45) is 0 Å². The lowest BCUT2D eigenvalue weighted by Gasteiger charge is -2.33. The van der Waals surface area contributed by atoms with E-state index >= 15 is 0 Å². The van der Waals surface area contributed by atoms with Gasteiger partial charge in [-0.2, -0.15) is 0 Å². The third kappa shape index (κ3) is 8.93. The van der Waals surface area contributed by atoms with E-state index in [-0.39, 0.29) is 49.1 Å². The van der Waals surface area contributed by atoms with E-state index in [9.17, 15) is 23.6 Å². The van der Waals surface area contributed by atoms with Crippen molar-refractivity contribution in [3.8, 4) is 11.5 Å². The number of likely N-dealkylation sites (N-methyl/N-ethyl adjacent to an activating group) is 1. The summed E-state index contributed by atoms with van der Waals surface area (Å²) in [4.78, 5) is 56.0. The van der Waals surface area contributed by atoms with Crippen LogP contribution < -0.4 is 19.7 Å². The van der Waals surface area contributed by atoms with Crippen LogP contribution in [0.25, 0.3) is 0 Å². The maximum Gasteiger partial charge on any atom is 0.258 e. The zero-order valence-electron chi connectivity index (χ0n) is 32.6. The molecule has 3 amide bonds. The van der Waals surface area contributed by atoms with Crippen molar-refractivity contribution >= 4 is 29.7 Å². The van der Waals surface area contributed by atoms with Crippen LogP contribution in [-0.2, 0) is 22.7 Å². The van der Waals surface area contributed by atoms with Crippen LogP contribution in [0.15, 0.2) is 54.6 Å². The number of benzene rings is 3. The van der Waals surface area contributed by atoms with Crippen LogP contribution in [0.3, 0.4) is 0 Å². The molecule has 298 valence electrons. The Balaban J connectivity index is 0.839. The predicted octanol–water partition coefficient (Wildman–Crippen LogP) is 7.57. The van der Waals surface area contributed by atoms with E-state index in [4.69, 9.17) is 9.47 Å². The molecule has 3 aromatic carbocycles. The Kier molecular flexibility index (Phi) is 13.0. The minimum atomic E-state index is -0.769. The number of hydrogen-bond donors (Lipinski definition) is 1. The molecule has 0 bridgehead atoms. The number of unbranched alkanes of at least 4 members (excludes halogenated alkanes) is 4. The molecular weight excluding hydrogens is 712 g/mol. The predicted molar refractivity (Wildman–Crippen MR) is 213 cm³/mol. The highest BCUT2D eigenvalue weighted by atomic mass is 19.1. The van der Waals surface area contributed by atoms with Gasteiger partial charge in [0.25, 0.3) is 11.8 Å². The van der Waals surface area contributed by atoms with Crippen molar-refractivity contribution in [2.45, 2.75) is 115 Å². The molecule has 1 saturated carbocycles. The summed E-state index contributed by atoms with van der Waals surface area (Å²) in [7, 11) is 1.52. The maximum absolute atomic E-state index is 14.9. The van der Waals surface area contributed by atoms with Gasteiger partial charge in [0.15, 0.2) is 11.5 Å². The Bertz CT molecular complexity index is 1890. The minimum Gasteiger partial charge on any atom is -0.490 e. The normalized spacial score (nSPS) is 18.0. The Hall–Kier alpha value is -4.77. The number of carbonyl (C=O) groups is 4. The average molecular weight is 767 g/mol. The highest BCUT2D eigenvalue weighted by Crippen LogP contribution is 2.39. The molecule has 1 aliphatic carbocycles. The topological polar surface area (TPSA) is 108 Å². The van der Waals surface area contributed by atoms with Crippen LogP contribution in [0.1, 0.15) is 127 Å². The Morgan fingerprint density at radius 3 is 2.43 bits per heavy atom. The van der Waals surface area contributed by atoms with E-state index in [1.54, 1.807) is 6.07 Å². The molecule has 1 atom stereocenters. The zero-order valence-corrected chi connectivity index (χ0v) is 32.6. The van der Waals surface area contributed by atoms with E-state index in [2.05, 4.69) is 10.2 Å². The number of nitrogens with zero attached hydrogens (tertiary/aromatic N) is 3. The minimum absolute atomic E-state index is 0.0200. The number of rotatable bonds is 18. The number of anilines is 1. The third-order valence-electron chi connectivity index (χ3n) is 12.1. The molecule has 7 rings (SSSR count). The van der Waals surface area contributed by atoms with Crippen LogP contribution in [0, 0.1) is 5.82 Å². The lowest BCUT2D eigenvalue weighted by Crippen LogP contribution is -2.46. The number of hydrogen-bond acceptors (Lipinski definition) is 7. The smallest absolute Gasteiger partial charge is 0.258 e. The van der Waals surface area contributed by atoms with Gasteiger partial charge in [-0.05, 0) is 130 Å². The van der Waals surface area contributed by atoms with Crippen LogP contribution >= 0.6 is 0 Å². The fourth-order valence-electron chi connectivity index (χ4n) is 9.00. The summed E-state index contributed by atoms with van der Waals surface area (Å²) in [6.45, 7) is 4.29. The molecule has 1 N–H and O–H groups in total. The van der Waals surface area contributed by atoms with Crippen LogP contribution in [0.4, 0.5) is 10.1 Å². The van der Waals surface area contributed by atoms with Gasteiger partial charge in [0.1, 0.15) is 18.1 Å². The van der Waals surface area contributed by atoms with E-state index in [1.165, 1.54) is 30.9 Å². The SMILES string of the molecule is CNC(=O)C(CCC=O)N1Cc2c(cc(F)cc2C2CCN(CCCCCCCOc3ccc(N4Cc5ccccc5C4=O)cc3OC3CCCC3)CC2)C1=O. The first-order chi connectivity index (χ1) is 27.3. The number of aldehydes is 1. The fraction of sp³-hybridized carbons (Fsp3) is 0.511. The molecule has 1 unspecified atom stereocenters. The van der Waals surface area contributed by atoms with E-state index in [0.717, 1.165) is 123 Å². The molecule has 0 radical (unpaired) electrons. The highest BCUT2D eigenvalue weighted by molar-refractivity contribution is 6.10. The fourth-order valence-corrected chi connectivity index (χ4v) is 9.00. The number of ether oxygens (including phenoxy) is 2. The summed E-state index contributed by atoms with van der Waals surface area (Å²) in [5, 5.41) is 2.61. The van der Waals surface area contributed by atoms with Gasteiger partial charge in [-0.25, -0.2) is 4.39 Å². The van der Waals surface area contributed by atoms with Crippen molar-refractivity contribution in [1.82, 2.24) is 15.1 Å². The molecule has 10 nitrogen and oxygen atoms in total. The van der Waals surface area contributed by atoms with Crippen LogP contribution in [0.5, 0.6) is 11.5 Å². The summed E-state index contributed by atoms with van der Waals surface area (Å²) in [5.41, 5.74) is 4.67.